The molecule has 9 nitrogen and oxygen atoms in total. The van der Waals surface area contributed by atoms with Crippen LogP contribution in [0, 0.1) is 6.92 Å². The van der Waals surface area contributed by atoms with Crippen molar-refractivity contribution in [1.82, 2.24) is 4.90 Å². The summed E-state index contributed by atoms with van der Waals surface area (Å²) in [7, 11) is 0. The van der Waals surface area contributed by atoms with Crippen molar-refractivity contribution in [3.8, 4) is 0 Å². The molecule has 4 rings (SSSR count). The Morgan fingerprint density at radius 1 is 1.05 bits per heavy atom. The largest absolute Gasteiger partial charge is 0.462 e. The van der Waals surface area contributed by atoms with Gasteiger partial charge in [-0.05, 0) is 83.4 Å². The molecule has 2 heterocycles. The number of fused-ring (bicyclic) bond motifs is 1. The molecule has 0 aliphatic carbocycles. The van der Waals surface area contributed by atoms with Gasteiger partial charge in [-0.1, -0.05) is 30.7 Å². The topological polar surface area (TPSA) is 114 Å². The molecule has 44 heavy (non-hydrogen) atoms. The summed E-state index contributed by atoms with van der Waals surface area (Å²) in [6.07, 6.45) is 0.560. The second-order valence-corrected chi connectivity index (χ2v) is 13.8. The van der Waals surface area contributed by atoms with Gasteiger partial charge in [-0.25, -0.2) is 9.59 Å². The highest BCUT2D eigenvalue weighted by molar-refractivity contribution is 8.00. The Morgan fingerprint density at radius 3 is 2.43 bits per heavy atom. The minimum Gasteiger partial charge on any atom is -0.462 e. The maximum absolute atomic E-state index is 13.6. The van der Waals surface area contributed by atoms with Crippen LogP contribution in [0.15, 0.2) is 53.4 Å². The maximum Gasteiger partial charge on any atom is 0.410 e. The summed E-state index contributed by atoms with van der Waals surface area (Å²) in [5.74, 6) is -0.959. The van der Waals surface area contributed by atoms with E-state index in [-0.39, 0.29) is 25.0 Å². The molecule has 0 spiro atoms. The van der Waals surface area contributed by atoms with Gasteiger partial charge in [-0.15, -0.1) is 23.1 Å². The van der Waals surface area contributed by atoms with E-state index in [9.17, 15) is 19.2 Å². The number of esters is 1. The van der Waals surface area contributed by atoms with Crippen LogP contribution in [0.3, 0.4) is 0 Å². The number of hydrogen-bond donors (Lipinski definition) is 2. The third-order valence-corrected chi connectivity index (χ3v) is 9.26. The van der Waals surface area contributed by atoms with E-state index in [1.54, 1.807) is 30.0 Å². The fraction of sp³-hybridized carbons (Fsp3) is 0.394. The van der Waals surface area contributed by atoms with Gasteiger partial charge in [0.1, 0.15) is 10.6 Å². The average molecular weight is 638 g/mol. The van der Waals surface area contributed by atoms with Crippen LogP contribution in [-0.4, -0.2) is 52.8 Å². The van der Waals surface area contributed by atoms with Crippen molar-refractivity contribution in [2.45, 2.75) is 76.7 Å². The summed E-state index contributed by atoms with van der Waals surface area (Å²) >= 11 is 2.67. The van der Waals surface area contributed by atoms with E-state index < -0.39 is 22.9 Å². The fourth-order valence-electron chi connectivity index (χ4n) is 4.63. The molecular weight excluding hydrogens is 599 g/mol. The summed E-state index contributed by atoms with van der Waals surface area (Å²) in [6, 6.07) is 14.7. The van der Waals surface area contributed by atoms with E-state index in [1.807, 2.05) is 65.0 Å². The number of anilines is 2. The highest BCUT2D eigenvalue weighted by Crippen LogP contribution is 2.39. The number of hydrogen-bond acceptors (Lipinski definition) is 8. The van der Waals surface area contributed by atoms with Gasteiger partial charge in [0.2, 0.25) is 5.91 Å². The summed E-state index contributed by atoms with van der Waals surface area (Å²) in [5, 5.41) is 5.86. The van der Waals surface area contributed by atoms with E-state index >= 15 is 0 Å². The summed E-state index contributed by atoms with van der Waals surface area (Å²) in [4.78, 5) is 55.3. The predicted octanol–water partition coefficient (Wildman–Crippen LogP) is 7.29. The molecule has 1 atom stereocenters. The second-order valence-electron chi connectivity index (χ2n) is 11.4. The molecule has 3 aromatic rings. The molecule has 1 aromatic heterocycles. The maximum atomic E-state index is 13.6. The average Bonchev–Trinajstić information content (AvgIpc) is 3.32. The van der Waals surface area contributed by atoms with Crippen LogP contribution in [0.4, 0.5) is 15.5 Å². The van der Waals surface area contributed by atoms with E-state index in [2.05, 4.69) is 10.6 Å². The van der Waals surface area contributed by atoms with Gasteiger partial charge in [0, 0.05) is 27.6 Å². The molecule has 1 aliphatic heterocycles. The van der Waals surface area contributed by atoms with Gasteiger partial charge in [-0.3, -0.25) is 9.59 Å². The second kappa shape index (κ2) is 14.3. The van der Waals surface area contributed by atoms with Crippen LogP contribution < -0.4 is 10.6 Å². The highest BCUT2D eigenvalue weighted by Gasteiger charge is 2.33. The van der Waals surface area contributed by atoms with Crippen molar-refractivity contribution in [2.75, 3.05) is 23.8 Å². The first-order valence-corrected chi connectivity index (χ1v) is 16.3. The lowest BCUT2D eigenvalue weighted by Crippen LogP contribution is -2.39. The molecule has 2 aromatic carbocycles. The number of carbonyl (C=O) groups excluding carboxylic acids is 4. The molecule has 0 radical (unpaired) electrons. The first kappa shape index (κ1) is 33.1. The number of amides is 3. The van der Waals surface area contributed by atoms with E-state index in [0.29, 0.717) is 41.2 Å². The van der Waals surface area contributed by atoms with Gasteiger partial charge in [0.25, 0.3) is 5.91 Å². The Kier molecular flexibility index (Phi) is 10.7. The molecule has 0 saturated heterocycles. The number of rotatable bonds is 9. The van der Waals surface area contributed by atoms with Crippen molar-refractivity contribution in [1.29, 1.82) is 0 Å². The van der Waals surface area contributed by atoms with Crippen LogP contribution in [0.5, 0.6) is 0 Å². The molecule has 1 aliphatic rings. The number of thiophene rings is 1. The number of benzene rings is 2. The van der Waals surface area contributed by atoms with Gasteiger partial charge in [-0.2, -0.15) is 0 Å². The lowest BCUT2D eigenvalue weighted by molar-refractivity contribution is -0.115. The zero-order chi connectivity index (χ0) is 32.0. The van der Waals surface area contributed by atoms with E-state index in [1.165, 1.54) is 23.1 Å². The number of nitrogens with zero attached hydrogens (tertiary/aromatic N) is 1. The molecule has 0 saturated carbocycles. The zero-order valence-electron chi connectivity index (χ0n) is 25.9. The molecule has 3 amide bonds. The van der Waals surface area contributed by atoms with E-state index in [4.69, 9.17) is 9.47 Å². The quantitative estimate of drug-likeness (QED) is 0.187. The van der Waals surface area contributed by atoms with Gasteiger partial charge >= 0.3 is 12.1 Å². The lowest BCUT2D eigenvalue weighted by atomic mass is 10.0. The Hall–Kier alpha value is -3.83. The van der Waals surface area contributed by atoms with Crippen molar-refractivity contribution in [2.24, 2.45) is 0 Å². The molecule has 0 fully saturated rings. The number of nitrogens with one attached hydrogen (secondary N) is 2. The molecule has 1 unspecified atom stereocenters. The molecule has 11 heteroatoms. The Balaban J connectivity index is 1.49. The zero-order valence-corrected chi connectivity index (χ0v) is 27.6. The third kappa shape index (κ3) is 8.41. The normalized spacial score (nSPS) is 13.5. The number of ether oxygens (including phenoxy) is 2. The van der Waals surface area contributed by atoms with Gasteiger partial charge < -0.3 is 25.0 Å². The summed E-state index contributed by atoms with van der Waals surface area (Å²) < 4.78 is 10.9. The minimum atomic E-state index is -0.624. The van der Waals surface area contributed by atoms with Crippen LogP contribution in [-0.2, 0) is 27.2 Å². The SMILES string of the molecule is CCOC(=O)c1c(NC(=O)C(CC)Sc2cccc(NC(=O)c3ccc(C)cc3)c2)sc2c1CCN(C(=O)OC(C)(C)C)C2. The Labute approximate surface area is 266 Å². The third-order valence-electron chi connectivity index (χ3n) is 6.77. The van der Waals surface area contributed by atoms with Crippen LogP contribution in [0.25, 0.3) is 0 Å². The first-order chi connectivity index (χ1) is 20.9. The minimum absolute atomic E-state index is 0.200. The fourth-order valence-corrected chi connectivity index (χ4v) is 6.89. The predicted molar refractivity (Wildman–Crippen MR) is 175 cm³/mol. The molecule has 2 N–H and O–H groups in total. The Bertz CT molecular complexity index is 1530. The first-order valence-electron chi connectivity index (χ1n) is 14.6. The van der Waals surface area contributed by atoms with Crippen molar-refractivity contribution in [3.63, 3.8) is 0 Å². The van der Waals surface area contributed by atoms with Gasteiger partial charge in [0.05, 0.1) is 24.0 Å². The van der Waals surface area contributed by atoms with Crippen molar-refractivity contribution < 1.29 is 28.7 Å². The van der Waals surface area contributed by atoms with Crippen LogP contribution in [0.2, 0.25) is 0 Å². The van der Waals surface area contributed by atoms with Crippen LogP contribution >= 0.6 is 23.1 Å². The smallest absolute Gasteiger partial charge is 0.410 e. The van der Waals surface area contributed by atoms with E-state index in [0.717, 1.165) is 20.9 Å². The van der Waals surface area contributed by atoms with Crippen molar-refractivity contribution >= 4 is 57.7 Å². The van der Waals surface area contributed by atoms with Crippen LogP contribution in [0.1, 0.15) is 77.8 Å². The summed E-state index contributed by atoms with van der Waals surface area (Å²) in [5.41, 5.74) is 2.78. The lowest BCUT2D eigenvalue weighted by Gasteiger charge is -2.30. The number of aryl methyl sites for hydroxylation is 1. The molecular formula is C33H39N3O6S2. The number of thioether (sulfide) groups is 1. The van der Waals surface area contributed by atoms with Gasteiger partial charge in [0.15, 0.2) is 0 Å². The molecule has 0 bridgehead atoms. The monoisotopic (exact) mass is 637 g/mol. The standard InChI is InChI=1S/C33H39N3O6S2/c1-7-25(43-23-11-9-10-22(18-23)34-28(37)21-14-12-20(3)13-15-21)29(38)35-30-27(31(39)41-8-2)24-16-17-36(19-26(24)44-30)32(40)42-33(4,5)6/h9-15,18,25H,7-8,16-17,19H2,1-6H3,(H,34,37)(H,35,38). The molecule has 234 valence electrons. The van der Waals surface area contributed by atoms with Crippen molar-refractivity contribution in [3.05, 3.63) is 75.7 Å². The summed E-state index contributed by atoms with van der Waals surface area (Å²) in [6.45, 7) is 11.9. The highest BCUT2D eigenvalue weighted by atomic mass is 32.2. The Morgan fingerprint density at radius 2 is 1.77 bits per heavy atom. The number of carbonyl (C=O) groups is 4.